The average Bonchev–Trinajstić information content (AvgIpc) is 2.96. The zero-order valence-electron chi connectivity index (χ0n) is 16.1. The van der Waals surface area contributed by atoms with Gasteiger partial charge in [0, 0.05) is 40.9 Å². The summed E-state index contributed by atoms with van der Waals surface area (Å²) in [6.07, 6.45) is 0. The minimum atomic E-state index is -0.365. The van der Waals surface area contributed by atoms with Crippen molar-refractivity contribution in [1.82, 2.24) is 9.88 Å². The summed E-state index contributed by atoms with van der Waals surface area (Å²) in [5.74, 6) is 0.386. The normalized spacial score (nSPS) is 11.1. The highest BCUT2D eigenvalue weighted by molar-refractivity contribution is 9.10. The molecule has 148 valence electrons. The van der Waals surface area contributed by atoms with Gasteiger partial charge in [-0.25, -0.2) is 4.79 Å². The van der Waals surface area contributed by atoms with Crippen LogP contribution in [-0.2, 0) is 24.1 Å². The lowest BCUT2D eigenvalue weighted by molar-refractivity contribution is 0.0527. The number of halogens is 1. The zero-order chi connectivity index (χ0) is 20.3. The van der Waals surface area contributed by atoms with E-state index in [4.69, 9.17) is 4.74 Å². The number of benzene rings is 2. The van der Waals surface area contributed by atoms with Gasteiger partial charge < -0.3 is 19.7 Å². The van der Waals surface area contributed by atoms with Crippen molar-refractivity contribution in [2.75, 3.05) is 13.7 Å². The van der Waals surface area contributed by atoms with Crippen LogP contribution in [0.5, 0.6) is 5.75 Å². The molecule has 0 atom stereocenters. The number of rotatable bonds is 7. The Balaban J connectivity index is 2.21. The smallest absolute Gasteiger partial charge is 0.340 e. The maximum Gasteiger partial charge on any atom is 0.340 e. The summed E-state index contributed by atoms with van der Waals surface area (Å²) in [6, 6.07) is 11.9. The third-order valence-electron chi connectivity index (χ3n) is 4.59. The molecule has 2 aromatic carbocycles. The molecule has 7 heteroatoms. The topological polar surface area (TPSA) is 63.5 Å². The Morgan fingerprint density at radius 3 is 2.68 bits per heavy atom. The monoisotopic (exact) mass is 462 g/mol. The molecule has 0 saturated heterocycles. The van der Waals surface area contributed by atoms with Gasteiger partial charge >= 0.3 is 5.97 Å². The van der Waals surface area contributed by atoms with Crippen molar-refractivity contribution in [3.8, 4) is 5.75 Å². The lowest BCUT2D eigenvalue weighted by atomic mass is 10.0. The molecule has 0 spiro atoms. The summed E-state index contributed by atoms with van der Waals surface area (Å²) in [7, 11) is 3.75. The van der Waals surface area contributed by atoms with Crippen LogP contribution in [-0.4, -0.2) is 29.3 Å². The van der Waals surface area contributed by atoms with Crippen LogP contribution in [0.1, 0.15) is 28.5 Å². The number of carbonyl (C=O) groups excluding carboxylic acids is 1. The number of carbonyl (C=O) groups is 1. The van der Waals surface area contributed by atoms with Crippen LogP contribution in [0.25, 0.3) is 10.9 Å². The first-order valence-electron chi connectivity index (χ1n) is 9.00. The molecule has 0 aliphatic heterocycles. The SMILES string of the molecule is CCOC(=O)c1c(CSc2ccccc2)n(C)c2cc(Br)c(O)c(CNC)c12. The van der Waals surface area contributed by atoms with Crippen molar-refractivity contribution in [1.29, 1.82) is 0 Å². The van der Waals surface area contributed by atoms with E-state index in [1.807, 2.05) is 55.1 Å². The fourth-order valence-corrected chi connectivity index (χ4v) is 4.74. The molecule has 1 heterocycles. The number of esters is 1. The molecule has 0 aliphatic rings. The molecular weight excluding hydrogens is 440 g/mol. The Morgan fingerprint density at radius 1 is 1.32 bits per heavy atom. The minimum absolute atomic E-state index is 0.139. The first kappa shape index (κ1) is 20.8. The molecule has 3 aromatic rings. The van der Waals surface area contributed by atoms with E-state index in [9.17, 15) is 9.90 Å². The Bertz CT molecular complexity index is 1000. The number of phenols is 1. The second-order valence-corrected chi connectivity index (χ2v) is 8.22. The second-order valence-electron chi connectivity index (χ2n) is 6.31. The van der Waals surface area contributed by atoms with Gasteiger partial charge in [-0.3, -0.25) is 0 Å². The molecule has 0 aliphatic carbocycles. The number of fused-ring (bicyclic) bond motifs is 1. The molecule has 0 bridgehead atoms. The highest BCUT2D eigenvalue weighted by Gasteiger charge is 2.26. The molecule has 28 heavy (non-hydrogen) atoms. The first-order valence-corrected chi connectivity index (χ1v) is 10.8. The van der Waals surface area contributed by atoms with Gasteiger partial charge in [0.15, 0.2) is 0 Å². The molecule has 3 rings (SSSR count). The Labute approximate surface area is 177 Å². The van der Waals surface area contributed by atoms with Gasteiger partial charge in [-0.05, 0) is 48.1 Å². The summed E-state index contributed by atoms with van der Waals surface area (Å²) in [5, 5.41) is 14.4. The number of aromatic nitrogens is 1. The molecule has 1 aromatic heterocycles. The van der Waals surface area contributed by atoms with E-state index in [1.54, 1.807) is 18.7 Å². The van der Waals surface area contributed by atoms with Crippen molar-refractivity contribution >= 4 is 44.6 Å². The predicted molar refractivity (Wildman–Crippen MR) is 117 cm³/mol. The summed E-state index contributed by atoms with van der Waals surface area (Å²) >= 11 is 5.10. The third-order valence-corrected chi connectivity index (χ3v) is 6.22. The third kappa shape index (κ3) is 3.92. The molecule has 5 nitrogen and oxygen atoms in total. The molecular formula is C21H23BrN2O3S. The van der Waals surface area contributed by atoms with Crippen molar-refractivity contribution in [2.45, 2.75) is 24.1 Å². The van der Waals surface area contributed by atoms with Gasteiger partial charge in [0.1, 0.15) is 5.75 Å². The van der Waals surface area contributed by atoms with Gasteiger partial charge in [0.25, 0.3) is 0 Å². The fourth-order valence-electron chi connectivity index (χ4n) is 3.29. The van der Waals surface area contributed by atoms with E-state index < -0.39 is 0 Å². The van der Waals surface area contributed by atoms with Crippen LogP contribution >= 0.6 is 27.7 Å². The summed E-state index contributed by atoms with van der Waals surface area (Å²) in [4.78, 5) is 14.0. The first-order chi connectivity index (χ1) is 13.5. The number of aryl methyl sites for hydroxylation is 1. The van der Waals surface area contributed by atoms with E-state index in [1.165, 1.54) is 0 Å². The van der Waals surface area contributed by atoms with Crippen molar-refractivity contribution in [3.05, 3.63) is 57.7 Å². The molecule has 0 saturated carbocycles. The number of hydrogen-bond acceptors (Lipinski definition) is 5. The number of ether oxygens (including phenoxy) is 1. The lowest BCUT2D eigenvalue weighted by Crippen LogP contribution is -2.10. The van der Waals surface area contributed by atoms with Gasteiger partial charge in [0.2, 0.25) is 0 Å². The minimum Gasteiger partial charge on any atom is -0.506 e. The maximum atomic E-state index is 12.9. The van der Waals surface area contributed by atoms with E-state index >= 15 is 0 Å². The van der Waals surface area contributed by atoms with Crippen LogP contribution in [0.4, 0.5) is 0 Å². The Morgan fingerprint density at radius 2 is 2.04 bits per heavy atom. The molecule has 0 fully saturated rings. The number of phenolic OH excluding ortho intramolecular Hbond substituents is 1. The van der Waals surface area contributed by atoms with Crippen LogP contribution in [0.2, 0.25) is 0 Å². The Kier molecular flexibility index (Phi) is 6.69. The highest BCUT2D eigenvalue weighted by Crippen LogP contribution is 2.40. The van der Waals surface area contributed by atoms with Gasteiger partial charge in [-0.2, -0.15) is 0 Å². The summed E-state index contributed by atoms with van der Waals surface area (Å²) < 4.78 is 7.99. The van der Waals surface area contributed by atoms with Gasteiger partial charge in [-0.1, -0.05) is 18.2 Å². The van der Waals surface area contributed by atoms with Crippen LogP contribution in [0, 0.1) is 0 Å². The van der Waals surface area contributed by atoms with Crippen molar-refractivity contribution in [2.24, 2.45) is 7.05 Å². The molecule has 2 N–H and O–H groups in total. The van der Waals surface area contributed by atoms with Crippen molar-refractivity contribution in [3.63, 3.8) is 0 Å². The van der Waals surface area contributed by atoms with E-state index in [2.05, 4.69) is 21.2 Å². The number of nitrogens with one attached hydrogen (secondary N) is 1. The number of hydrogen-bond donors (Lipinski definition) is 2. The fraction of sp³-hybridized carbons (Fsp3) is 0.286. The van der Waals surface area contributed by atoms with Crippen LogP contribution in [0.15, 0.2) is 45.8 Å². The summed E-state index contributed by atoms with van der Waals surface area (Å²) in [6.45, 7) is 2.53. The zero-order valence-corrected chi connectivity index (χ0v) is 18.5. The summed E-state index contributed by atoms with van der Waals surface area (Å²) in [5.41, 5.74) is 2.95. The Hall–Kier alpha value is -1.96. The maximum absolute atomic E-state index is 12.9. The number of aromatic hydroxyl groups is 1. The van der Waals surface area contributed by atoms with Crippen LogP contribution in [0.3, 0.4) is 0 Å². The average molecular weight is 463 g/mol. The van der Waals surface area contributed by atoms with Crippen molar-refractivity contribution < 1.29 is 14.6 Å². The molecule has 0 amide bonds. The van der Waals surface area contributed by atoms with Crippen LogP contribution < -0.4 is 5.32 Å². The standard InChI is InChI=1S/C21H23BrN2O3S/c1-4-27-21(26)19-17(12-28-13-8-6-5-7-9-13)24(3)16-10-15(22)20(25)14(11-23-2)18(16)19/h5-10,23,25H,4,11-12H2,1-3H3. The predicted octanol–water partition coefficient (Wildman–Crippen LogP) is 4.83. The highest BCUT2D eigenvalue weighted by atomic mass is 79.9. The van der Waals surface area contributed by atoms with E-state index in [0.29, 0.717) is 34.5 Å². The largest absolute Gasteiger partial charge is 0.506 e. The van der Waals surface area contributed by atoms with Gasteiger partial charge in [-0.15, -0.1) is 11.8 Å². The molecule has 0 unspecified atom stereocenters. The molecule has 0 radical (unpaired) electrons. The number of nitrogens with zero attached hydrogens (tertiary/aromatic N) is 1. The lowest BCUT2D eigenvalue weighted by Gasteiger charge is -2.10. The quantitative estimate of drug-likeness (QED) is 0.388. The van der Waals surface area contributed by atoms with Gasteiger partial charge in [0.05, 0.1) is 22.2 Å². The number of thioether (sulfide) groups is 1. The van der Waals surface area contributed by atoms with E-state index in [0.717, 1.165) is 21.5 Å². The second kappa shape index (κ2) is 9.03. The van der Waals surface area contributed by atoms with E-state index in [-0.39, 0.29) is 11.7 Å².